The van der Waals surface area contributed by atoms with Crippen molar-refractivity contribution in [1.29, 1.82) is 0 Å². The molecule has 1 atom stereocenters. The lowest BCUT2D eigenvalue weighted by molar-refractivity contribution is 0.246. The minimum atomic E-state index is 0.408. The average Bonchev–Trinajstić information content (AvgIpc) is 3.10. The minimum Gasteiger partial charge on any atom is -0.299 e. The maximum absolute atomic E-state index is 4.36. The summed E-state index contributed by atoms with van der Waals surface area (Å²) in [7, 11) is 2.15. The standard InChI is InChI=1S/C19H23N5/c1-16(12-19-13-20-9-10-21-19)23(2)14-17-4-6-18(7-5-17)15-24-11-3-8-22-24/h3-11,13,16H,12,14-15H2,1-2H3/t16-/m0/s1. The molecule has 0 aliphatic rings. The van der Waals surface area contributed by atoms with Crippen LogP contribution in [-0.2, 0) is 19.5 Å². The Morgan fingerprint density at radius 3 is 2.54 bits per heavy atom. The molecule has 0 aliphatic carbocycles. The first-order valence-corrected chi connectivity index (χ1v) is 8.21. The first kappa shape index (κ1) is 16.3. The molecule has 0 unspecified atom stereocenters. The Bertz CT molecular complexity index is 722. The SMILES string of the molecule is C[C@@H](Cc1cnccn1)N(C)Cc1ccc(Cn2cccn2)cc1. The molecule has 0 spiro atoms. The van der Waals surface area contributed by atoms with Crippen LogP contribution in [0.2, 0.25) is 0 Å². The molecule has 0 saturated heterocycles. The third kappa shape index (κ3) is 4.49. The molecule has 24 heavy (non-hydrogen) atoms. The number of hydrogen-bond acceptors (Lipinski definition) is 4. The van der Waals surface area contributed by atoms with E-state index in [4.69, 9.17) is 0 Å². The molecule has 0 amide bonds. The highest BCUT2D eigenvalue weighted by Gasteiger charge is 2.11. The normalized spacial score (nSPS) is 12.5. The van der Waals surface area contributed by atoms with Crippen molar-refractivity contribution < 1.29 is 0 Å². The Morgan fingerprint density at radius 2 is 1.88 bits per heavy atom. The van der Waals surface area contributed by atoms with E-state index in [0.717, 1.165) is 25.2 Å². The van der Waals surface area contributed by atoms with Gasteiger partial charge in [-0.2, -0.15) is 5.10 Å². The third-order valence-corrected chi connectivity index (χ3v) is 4.23. The van der Waals surface area contributed by atoms with Gasteiger partial charge in [0.1, 0.15) is 0 Å². The summed E-state index contributed by atoms with van der Waals surface area (Å²) in [5.74, 6) is 0. The molecule has 2 aromatic heterocycles. The van der Waals surface area contributed by atoms with Crippen LogP contribution >= 0.6 is 0 Å². The minimum absolute atomic E-state index is 0.408. The van der Waals surface area contributed by atoms with Crippen LogP contribution in [0, 0.1) is 0 Å². The molecule has 0 N–H and O–H groups in total. The van der Waals surface area contributed by atoms with Crippen molar-refractivity contribution in [3.8, 4) is 0 Å². The van der Waals surface area contributed by atoms with Gasteiger partial charge in [-0.25, -0.2) is 0 Å². The van der Waals surface area contributed by atoms with E-state index in [2.05, 4.69) is 58.2 Å². The molecule has 5 nitrogen and oxygen atoms in total. The lowest BCUT2D eigenvalue weighted by atomic mass is 10.1. The molecule has 5 heteroatoms. The summed E-state index contributed by atoms with van der Waals surface area (Å²) >= 11 is 0. The molecule has 124 valence electrons. The maximum Gasteiger partial charge on any atom is 0.0659 e. The highest BCUT2D eigenvalue weighted by Crippen LogP contribution is 2.11. The molecule has 1 aromatic carbocycles. The lowest BCUT2D eigenvalue weighted by Crippen LogP contribution is -2.30. The predicted molar refractivity (Wildman–Crippen MR) is 94.4 cm³/mol. The second-order valence-corrected chi connectivity index (χ2v) is 6.19. The number of rotatable bonds is 7. The summed E-state index contributed by atoms with van der Waals surface area (Å²) in [6, 6.07) is 11.1. The molecular weight excluding hydrogens is 298 g/mol. The summed E-state index contributed by atoms with van der Waals surface area (Å²) in [5.41, 5.74) is 3.61. The maximum atomic E-state index is 4.36. The van der Waals surface area contributed by atoms with Crippen molar-refractivity contribution in [2.75, 3.05) is 7.05 Å². The van der Waals surface area contributed by atoms with Gasteiger partial charge >= 0.3 is 0 Å². The lowest BCUT2D eigenvalue weighted by Gasteiger charge is -2.24. The number of likely N-dealkylation sites (N-methyl/N-ethyl adjacent to an activating group) is 1. The Morgan fingerprint density at radius 1 is 1.08 bits per heavy atom. The topological polar surface area (TPSA) is 46.8 Å². The zero-order chi connectivity index (χ0) is 16.8. The van der Waals surface area contributed by atoms with Crippen LogP contribution in [0.15, 0.2) is 61.3 Å². The van der Waals surface area contributed by atoms with Gasteiger partial charge in [-0.15, -0.1) is 0 Å². The van der Waals surface area contributed by atoms with Crippen molar-refractivity contribution in [3.63, 3.8) is 0 Å². The van der Waals surface area contributed by atoms with Crippen LogP contribution in [0.4, 0.5) is 0 Å². The second-order valence-electron chi connectivity index (χ2n) is 6.19. The molecule has 0 saturated carbocycles. The van der Waals surface area contributed by atoms with Gasteiger partial charge in [0.15, 0.2) is 0 Å². The van der Waals surface area contributed by atoms with Gasteiger partial charge in [0, 0.05) is 50.0 Å². The zero-order valence-corrected chi connectivity index (χ0v) is 14.2. The van der Waals surface area contributed by atoms with Crippen LogP contribution in [0.1, 0.15) is 23.7 Å². The summed E-state index contributed by atoms with van der Waals surface area (Å²) in [5, 5.41) is 4.24. The van der Waals surface area contributed by atoms with Crippen molar-refractivity contribution >= 4 is 0 Å². The summed E-state index contributed by atoms with van der Waals surface area (Å²) in [4.78, 5) is 10.8. The monoisotopic (exact) mass is 321 g/mol. The highest BCUT2D eigenvalue weighted by molar-refractivity contribution is 5.22. The fourth-order valence-corrected chi connectivity index (χ4v) is 2.67. The average molecular weight is 321 g/mol. The Kier molecular flexibility index (Phi) is 5.33. The van der Waals surface area contributed by atoms with Crippen molar-refractivity contribution in [2.45, 2.75) is 32.5 Å². The quantitative estimate of drug-likeness (QED) is 0.671. The van der Waals surface area contributed by atoms with E-state index in [1.165, 1.54) is 11.1 Å². The van der Waals surface area contributed by atoms with Crippen molar-refractivity contribution in [3.05, 3.63) is 78.1 Å². The number of aromatic nitrogens is 4. The summed E-state index contributed by atoms with van der Waals surface area (Å²) < 4.78 is 1.93. The highest BCUT2D eigenvalue weighted by atomic mass is 15.3. The van der Waals surface area contributed by atoms with Gasteiger partial charge in [-0.05, 0) is 31.2 Å². The zero-order valence-electron chi connectivity index (χ0n) is 14.2. The van der Waals surface area contributed by atoms with Gasteiger partial charge in [0.2, 0.25) is 0 Å². The van der Waals surface area contributed by atoms with Gasteiger partial charge < -0.3 is 0 Å². The van der Waals surface area contributed by atoms with E-state index >= 15 is 0 Å². The van der Waals surface area contributed by atoms with Gasteiger partial charge in [-0.1, -0.05) is 24.3 Å². The molecule has 0 fully saturated rings. The van der Waals surface area contributed by atoms with E-state index in [-0.39, 0.29) is 0 Å². The first-order valence-electron chi connectivity index (χ1n) is 8.21. The molecule has 0 bridgehead atoms. The largest absolute Gasteiger partial charge is 0.299 e. The van der Waals surface area contributed by atoms with E-state index in [0.29, 0.717) is 6.04 Å². The summed E-state index contributed by atoms with van der Waals surface area (Å²) in [6.45, 7) is 3.95. The Labute approximate surface area is 143 Å². The van der Waals surface area contributed by atoms with Crippen molar-refractivity contribution in [2.24, 2.45) is 0 Å². The molecule has 2 heterocycles. The van der Waals surface area contributed by atoms with Crippen LogP contribution in [0.3, 0.4) is 0 Å². The molecule has 3 rings (SSSR count). The van der Waals surface area contributed by atoms with Crippen LogP contribution in [0.25, 0.3) is 0 Å². The van der Waals surface area contributed by atoms with Gasteiger partial charge in [0.05, 0.1) is 12.2 Å². The van der Waals surface area contributed by atoms with Crippen LogP contribution < -0.4 is 0 Å². The van der Waals surface area contributed by atoms with E-state index in [1.54, 1.807) is 12.4 Å². The first-order chi connectivity index (χ1) is 11.7. The third-order valence-electron chi connectivity index (χ3n) is 4.23. The Balaban J connectivity index is 1.55. The van der Waals surface area contributed by atoms with Crippen LogP contribution in [-0.4, -0.2) is 37.7 Å². The molecule has 0 radical (unpaired) electrons. The fourth-order valence-electron chi connectivity index (χ4n) is 2.67. The second kappa shape index (κ2) is 7.84. The number of hydrogen-bond donors (Lipinski definition) is 0. The molecule has 3 aromatic rings. The van der Waals surface area contributed by atoms with E-state index < -0.39 is 0 Å². The van der Waals surface area contributed by atoms with E-state index in [1.807, 2.05) is 29.3 Å². The fraction of sp³-hybridized carbons (Fsp3) is 0.316. The summed E-state index contributed by atoms with van der Waals surface area (Å²) in [6.07, 6.45) is 10.00. The molecular formula is C19H23N5. The predicted octanol–water partition coefficient (Wildman–Crippen LogP) is 2.78. The smallest absolute Gasteiger partial charge is 0.0659 e. The van der Waals surface area contributed by atoms with E-state index in [9.17, 15) is 0 Å². The van der Waals surface area contributed by atoms with Gasteiger partial charge in [-0.3, -0.25) is 19.5 Å². The van der Waals surface area contributed by atoms with Crippen LogP contribution in [0.5, 0.6) is 0 Å². The molecule has 0 aliphatic heterocycles. The van der Waals surface area contributed by atoms with Gasteiger partial charge in [0.25, 0.3) is 0 Å². The number of nitrogens with zero attached hydrogens (tertiary/aromatic N) is 5. The van der Waals surface area contributed by atoms with Crippen molar-refractivity contribution in [1.82, 2.24) is 24.6 Å². The Hall–Kier alpha value is -2.53. The number of benzene rings is 1.